The summed E-state index contributed by atoms with van der Waals surface area (Å²) in [5.74, 6) is 1.02. The Morgan fingerprint density at radius 1 is 1.50 bits per heavy atom. The molecule has 4 nitrogen and oxygen atoms in total. The quantitative estimate of drug-likeness (QED) is 0.782. The van der Waals surface area contributed by atoms with Crippen LogP contribution in [0.1, 0.15) is 25.7 Å². The lowest BCUT2D eigenvalue weighted by atomic mass is 10.3. The minimum absolute atomic E-state index is 0.0941. The molecule has 0 unspecified atom stereocenters. The Morgan fingerprint density at radius 2 is 2.33 bits per heavy atom. The molecule has 0 bridgehead atoms. The van der Waals surface area contributed by atoms with Gasteiger partial charge in [0.2, 0.25) is 5.91 Å². The molecule has 1 aliphatic carbocycles. The SMILES string of the molecule is N#CCCCOc1cccc(NC(=O)C2CC2)c1. The second kappa shape index (κ2) is 6.06. The second-order valence-electron chi connectivity index (χ2n) is 4.40. The first-order valence-electron chi connectivity index (χ1n) is 6.20. The molecule has 0 saturated heterocycles. The summed E-state index contributed by atoms with van der Waals surface area (Å²) in [6.45, 7) is 0.521. The monoisotopic (exact) mass is 244 g/mol. The average molecular weight is 244 g/mol. The predicted molar refractivity (Wildman–Crippen MR) is 68.1 cm³/mol. The molecule has 0 heterocycles. The van der Waals surface area contributed by atoms with Crippen molar-refractivity contribution in [2.75, 3.05) is 11.9 Å². The number of nitrogens with one attached hydrogen (secondary N) is 1. The van der Waals surface area contributed by atoms with Crippen LogP contribution >= 0.6 is 0 Å². The van der Waals surface area contributed by atoms with Gasteiger partial charge in [0.1, 0.15) is 5.75 Å². The van der Waals surface area contributed by atoms with E-state index in [2.05, 4.69) is 11.4 Å². The van der Waals surface area contributed by atoms with Crippen molar-refractivity contribution >= 4 is 11.6 Å². The Bertz CT molecular complexity index is 461. The van der Waals surface area contributed by atoms with Crippen LogP contribution < -0.4 is 10.1 Å². The minimum Gasteiger partial charge on any atom is -0.493 e. The van der Waals surface area contributed by atoms with Gasteiger partial charge in [-0.05, 0) is 31.4 Å². The molecule has 0 aliphatic heterocycles. The lowest BCUT2D eigenvalue weighted by Crippen LogP contribution is -2.13. The van der Waals surface area contributed by atoms with Gasteiger partial charge in [0.25, 0.3) is 0 Å². The van der Waals surface area contributed by atoms with Crippen molar-refractivity contribution in [1.29, 1.82) is 5.26 Å². The van der Waals surface area contributed by atoms with Gasteiger partial charge in [-0.25, -0.2) is 0 Å². The van der Waals surface area contributed by atoms with Crippen molar-refractivity contribution in [3.8, 4) is 11.8 Å². The first-order chi connectivity index (χ1) is 8.79. The van der Waals surface area contributed by atoms with Crippen molar-refractivity contribution in [2.45, 2.75) is 25.7 Å². The fourth-order valence-corrected chi connectivity index (χ4v) is 1.59. The van der Waals surface area contributed by atoms with Crippen LogP contribution in [0, 0.1) is 17.2 Å². The number of rotatable bonds is 6. The summed E-state index contributed by atoms with van der Waals surface area (Å²) < 4.78 is 5.50. The van der Waals surface area contributed by atoms with Gasteiger partial charge in [0, 0.05) is 24.1 Å². The zero-order valence-corrected chi connectivity index (χ0v) is 10.2. The summed E-state index contributed by atoms with van der Waals surface area (Å²) in [5, 5.41) is 11.3. The van der Waals surface area contributed by atoms with Gasteiger partial charge in [-0.2, -0.15) is 5.26 Å². The van der Waals surface area contributed by atoms with Gasteiger partial charge >= 0.3 is 0 Å². The van der Waals surface area contributed by atoms with Crippen molar-refractivity contribution in [3.05, 3.63) is 24.3 Å². The summed E-state index contributed by atoms with van der Waals surface area (Å²) in [6, 6.07) is 9.43. The molecule has 1 saturated carbocycles. The van der Waals surface area contributed by atoms with E-state index in [-0.39, 0.29) is 11.8 Å². The molecule has 0 atom stereocenters. The van der Waals surface area contributed by atoms with Crippen LogP contribution in [0.5, 0.6) is 5.75 Å². The number of hydrogen-bond acceptors (Lipinski definition) is 3. The highest BCUT2D eigenvalue weighted by Gasteiger charge is 2.29. The summed E-state index contributed by atoms with van der Waals surface area (Å²) in [7, 11) is 0. The van der Waals surface area contributed by atoms with Crippen molar-refractivity contribution in [1.82, 2.24) is 0 Å². The van der Waals surface area contributed by atoms with E-state index in [1.54, 1.807) is 0 Å². The number of hydrogen-bond donors (Lipinski definition) is 1. The molecule has 94 valence electrons. The van der Waals surface area contributed by atoms with Crippen LogP contribution in [0.2, 0.25) is 0 Å². The molecule has 1 amide bonds. The van der Waals surface area contributed by atoms with Gasteiger partial charge < -0.3 is 10.1 Å². The van der Waals surface area contributed by atoms with Gasteiger partial charge in [-0.15, -0.1) is 0 Å². The van der Waals surface area contributed by atoms with Crippen LogP contribution in [0.25, 0.3) is 0 Å². The number of carbonyl (C=O) groups excluding carboxylic acids is 1. The maximum Gasteiger partial charge on any atom is 0.227 e. The predicted octanol–water partition coefficient (Wildman–Crippen LogP) is 2.72. The zero-order chi connectivity index (χ0) is 12.8. The van der Waals surface area contributed by atoms with Gasteiger partial charge in [0.05, 0.1) is 12.7 Å². The van der Waals surface area contributed by atoms with Gasteiger partial charge in [-0.1, -0.05) is 6.07 Å². The molecule has 1 aliphatic rings. The van der Waals surface area contributed by atoms with Gasteiger partial charge in [0.15, 0.2) is 0 Å². The second-order valence-corrected chi connectivity index (χ2v) is 4.40. The molecule has 2 rings (SSSR count). The fourth-order valence-electron chi connectivity index (χ4n) is 1.59. The summed E-state index contributed by atoms with van der Waals surface area (Å²) in [5.41, 5.74) is 0.768. The Balaban J connectivity index is 1.84. The molecule has 1 aromatic carbocycles. The Morgan fingerprint density at radius 3 is 3.06 bits per heavy atom. The van der Waals surface area contributed by atoms with Crippen LogP contribution in [0.3, 0.4) is 0 Å². The van der Waals surface area contributed by atoms with Crippen molar-refractivity contribution in [2.24, 2.45) is 5.92 Å². The fraction of sp³-hybridized carbons (Fsp3) is 0.429. The van der Waals surface area contributed by atoms with Crippen LogP contribution in [-0.4, -0.2) is 12.5 Å². The highest BCUT2D eigenvalue weighted by atomic mass is 16.5. The summed E-state index contributed by atoms with van der Waals surface area (Å²) in [4.78, 5) is 11.6. The normalized spacial score (nSPS) is 13.7. The first-order valence-corrected chi connectivity index (χ1v) is 6.20. The van der Waals surface area contributed by atoms with E-state index >= 15 is 0 Å². The third-order valence-corrected chi connectivity index (χ3v) is 2.75. The molecule has 0 aromatic heterocycles. The van der Waals surface area contributed by atoms with Crippen LogP contribution in [-0.2, 0) is 4.79 Å². The Kier molecular flexibility index (Phi) is 4.19. The summed E-state index contributed by atoms with van der Waals surface area (Å²) in [6.07, 6.45) is 3.21. The number of nitriles is 1. The highest BCUT2D eigenvalue weighted by Crippen LogP contribution is 2.30. The molecular formula is C14H16N2O2. The van der Waals surface area contributed by atoms with E-state index in [0.29, 0.717) is 13.0 Å². The average Bonchev–Trinajstić information content (AvgIpc) is 3.19. The van der Waals surface area contributed by atoms with Gasteiger partial charge in [-0.3, -0.25) is 4.79 Å². The maximum atomic E-state index is 11.6. The van der Waals surface area contributed by atoms with Crippen molar-refractivity contribution in [3.63, 3.8) is 0 Å². The topological polar surface area (TPSA) is 62.1 Å². The number of anilines is 1. The Hall–Kier alpha value is -2.02. The molecular weight excluding hydrogens is 228 g/mol. The lowest BCUT2D eigenvalue weighted by Gasteiger charge is -2.08. The molecule has 18 heavy (non-hydrogen) atoms. The first kappa shape index (κ1) is 12.4. The number of ether oxygens (including phenoxy) is 1. The molecule has 0 spiro atoms. The van der Waals surface area contributed by atoms with E-state index in [1.807, 2.05) is 24.3 Å². The molecule has 1 N–H and O–H groups in total. The highest BCUT2D eigenvalue weighted by molar-refractivity contribution is 5.94. The van der Waals surface area contributed by atoms with E-state index in [1.165, 1.54) is 0 Å². The molecule has 1 aromatic rings. The summed E-state index contributed by atoms with van der Waals surface area (Å²) >= 11 is 0. The third kappa shape index (κ3) is 3.77. The van der Waals surface area contributed by atoms with Crippen LogP contribution in [0.15, 0.2) is 24.3 Å². The standard InChI is InChI=1S/C14H16N2O2/c15-8-1-2-9-18-13-5-3-4-12(10-13)16-14(17)11-6-7-11/h3-5,10-11H,1-2,6-7,9H2,(H,16,17). The van der Waals surface area contributed by atoms with E-state index in [0.717, 1.165) is 30.7 Å². The molecule has 1 fully saturated rings. The largest absolute Gasteiger partial charge is 0.493 e. The van der Waals surface area contributed by atoms with Crippen molar-refractivity contribution < 1.29 is 9.53 Å². The number of benzene rings is 1. The number of carbonyl (C=O) groups is 1. The molecule has 0 radical (unpaired) electrons. The smallest absolute Gasteiger partial charge is 0.227 e. The zero-order valence-electron chi connectivity index (χ0n) is 10.2. The van der Waals surface area contributed by atoms with E-state index in [9.17, 15) is 4.79 Å². The number of unbranched alkanes of at least 4 members (excludes halogenated alkanes) is 1. The molecule has 4 heteroatoms. The minimum atomic E-state index is 0.0941. The van der Waals surface area contributed by atoms with Crippen LogP contribution in [0.4, 0.5) is 5.69 Å². The third-order valence-electron chi connectivity index (χ3n) is 2.75. The van der Waals surface area contributed by atoms with E-state index < -0.39 is 0 Å². The van der Waals surface area contributed by atoms with E-state index in [4.69, 9.17) is 10.00 Å². The maximum absolute atomic E-state index is 11.6. The number of amides is 1. The Labute approximate surface area is 107 Å². The number of nitrogens with zero attached hydrogens (tertiary/aromatic N) is 1. The lowest BCUT2D eigenvalue weighted by molar-refractivity contribution is -0.117.